The number of hydrogen-bond acceptors (Lipinski definition) is 8. The van der Waals surface area contributed by atoms with Gasteiger partial charge in [0.05, 0.1) is 29.1 Å². The van der Waals surface area contributed by atoms with E-state index in [1.165, 1.54) is 39.4 Å². The summed E-state index contributed by atoms with van der Waals surface area (Å²) in [6.45, 7) is 0. The number of benzene rings is 1. The molecule has 0 atom stereocenters. The first-order valence-corrected chi connectivity index (χ1v) is 11.3. The number of carbonyl (C=O) groups is 1. The fourth-order valence-electron chi connectivity index (χ4n) is 2.79. The monoisotopic (exact) mass is 432 g/mol. The van der Waals surface area contributed by atoms with Crippen molar-refractivity contribution in [3.05, 3.63) is 51.9 Å². The molecule has 28 heavy (non-hydrogen) atoms. The Labute approximate surface area is 173 Å². The third-order valence-corrected chi connectivity index (χ3v) is 6.74. The van der Waals surface area contributed by atoms with Crippen molar-refractivity contribution in [1.82, 2.24) is 14.5 Å². The van der Waals surface area contributed by atoms with Gasteiger partial charge in [-0.3, -0.25) is 14.2 Å². The number of amides is 1. The Kier molecular flexibility index (Phi) is 5.69. The molecule has 1 amide bonds. The number of para-hydroxylation sites is 2. The van der Waals surface area contributed by atoms with E-state index in [1.54, 1.807) is 24.8 Å². The fourth-order valence-corrected chi connectivity index (χ4v) is 5.18. The number of ether oxygens (including phenoxy) is 1. The number of aromatic nitrogens is 3. The topological polar surface area (TPSA) is 86.1 Å². The summed E-state index contributed by atoms with van der Waals surface area (Å²) < 4.78 is 6.97. The normalized spacial score (nSPS) is 12.6. The van der Waals surface area contributed by atoms with Gasteiger partial charge in [0.25, 0.3) is 5.56 Å². The molecule has 7 nitrogen and oxygen atoms in total. The first-order valence-electron chi connectivity index (χ1n) is 8.41. The van der Waals surface area contributed by atoms with Crippen molar-refractivity contribution in [3.63, 3.8) is 0 Å². The summed E-state index contributed by atoms with van der Waals surface area (Å²) in [6, 6.07) is 7.30. The number of nitrogens with one attached hydrogen (secondary N) is 1. The van der Waals surface area contributed by atoms with Crippen molar-refractivity contribution >= 4 is 45.9 Å². The highest BCUT2D eigenvalue weighted by Gasteiger charge is 2.24. The zero-order valence-corrected chi connectivity index (χ0v) is 17.3. The van der Waals surface area contributed by atoms with Crippen molar-refractivity contribution in [3.8, 4) is 11.4 Å². The molecule has 1 N–H and O–H groups in total. The smallest absolute Gasteiger partial charge is 0.272 e. The van der Waals surface area contributed by atoms with Gasteiger partial charge in [-0.2, -0.15) is 0 Å². The Morgan fingerprint density at radius 3 is 3.04 bits per heavy atom. The van der Waals surface area contributed by atoms with E-state index in [0.717, 1.165) is 17.9 Å². The third kappa shape index (κ3) is 3.80. The number of thioether (sulfide) groups is 2. The number of thiazole rings is 1. The molecule has 0 saturated carbocycles. The van der Waals surface area contributed by atoms with Gasteiger partial charge in [0.2, 0.25) is 5.91 Å². The van der Waals surface area contributed by atoms with Gasteiger partial charge in [-0.25, -0.2) is 9.97 Å². The number of hydrogen-bond donors (Lipinski definition) is 1. The first-order chi connectivity index (χ1) is 13.7. The molecule has 0 saturated heterocycles. The highest BCUT2D eigenvalue weighted by Crippen LogP contribution is 2.32. The standard InChI is InChI=1S/C18H16N4O3S3/c1-25-13-5-3-2-4-12(13)22-16(24)15-11(6-8-26-15)20-18(22)28-10-14(23)21-17-19-7-9-27-17/h2-5,7,9H,6,8,10H2,1H3,(H,19,21,23). The van der Waals surface area contributed by atoms with Crippen LogP contribution in [0.15, 0.2) is 50.7 Å². The molecule has 1 aliphatic rings. The summed E-state index contributed by atoms with van der Waals surface area (Å²) in [4.78, 5) is 34.8. The number of nitrogens with zero attached hydrogens (tertiary/aromatic N) is 3. The summed E-state index contributed by atoms with van der Waals surface area (Å²) in [5, 5.41) is 5.56. The molecule has 0 bridgehead atoms. The number of aryl methyl sites for hydroxylation is 1. The fraction of sp³-hybridized carbons (Fsp3) is 0.222. The number of methoxy groups -OCH3 is 1. The molecule has 0 spiro atoms. The highest BCUT2D eigenvalue weighted by molar-refractivity contribution is 8.00. The van der Waals surface area contributed by atoms with E-state index >= 15 is 0 Å². The van der Waals surface area contributed by atoms with Crippen molar-refractivity contribution < 1.29 is 9.53 Å². The highest BCUT2D eigenvalue weighted by atomic mass is 32.2. The SMILES string of the molecule is COc1ccccc1-n1c(SCC(=O)Nc2nccs2)nc2c(c1=O)SCC2. The van der Waals surface area contributed by atoms with E-state index in [0.29, 0.717) is 26.6 Å². The average molecular weight is 433 g/mol. The summed E-state index contributed by atoms with van der Waals surface area (Å²) in [5.41, 5.74) is 1.28. The predicted molar refractivity (Wildman–Crippen MR) is 112 cm³/mol. The lowest BCUT2D eigenvalue weighted by atomic mass is 10.2. The molecule has 144 valence electrons. The summed E-state index contributed by atoms with van der Waals surface area (Å²) in [6.07, 6.45) is 2.38. The van der Waals surface area contributed by atoms with Crippen LogP contribution in [0.5, 0.6) is 5.75 Å². The van der Waals surface area contributed by atoms with Gasteiger partial charge in [0, 0.05) is 23.8 Å². The molecule has 3 aromatic rings. The minimum atomic E-state index is -0.198. The second-order valence-corrected chi connectivity index (χ2v) is 8.70. The van der Waals surface area contributed by atoms with Crippen molar-refractivity contribution in [2.75, 3.05) is 23.9 Å². The van der Waals surface area contributed by atoms with Gasteiger partial charge in [-0.05, 0) is 12.1 Å². The van der Waals surface area contributed by atoms with Crippen molar-refractivity contribution in [2.45, 2.75) is 16.5 Å². The van der Waals surface area contributed by atoms with E-state index in [-0.39, 0.29) is 17.2 Å². The van der Waals surface area contributed by atoms with Crippen LogP contribution in [-0.2, 0) is 11.2 Å². The molecular formula is C18H16N4O3S3. The van der Waals surface area contributed by atoms with E-state index in [1.807, 2.05) is 18.2 Å². The lowest BCUT2D eigenvalue weighted by molar-refractivity contribution is -0.113. The quantitative estimate of drug-likeness (QED) is 0.473. The molecule has 2 aromatic heterocycles. The first kappa shape index (κ1) is 19.0. The largest absolute Gasteiger partial charge is 0.495 e. The second-order valence-electron chi connectivity index (χ2n) is 5.76. The van der Waals surface area contributed by atoms with Gasteiger partial charge in [-0.1, -0.05) is 23.9 Å². The summed E-state index contributed by atoms with van der Waals surface area (Å²) >= 11 is 4.10. The van der Waals surface area contributed by atoms with Crippen LogP contribution in [0, 0.1) is 0 Å². The van der Waals surface area contributed by atoms with Crippen LogP contribution in [0.1, 0.15) is 5.69 Å². The molecule has 1 aromatic carbocycles. The predicted octanol–water partition coefficient (Wildman–Crippen LogP) is 3.08. The van der Waals surface area contributed by atoms with Gasteiger partial charge >= 0.3 is 0 Å². The van der Waals surface area contributed by atoms with E-state index in [9.17, 15) is 9.59 Å². The van der Waals surface area contributed by atoms with Crippen LogP contribution >= 0.6 is 34.9 Å². The Balaban J connectivity index is 1.69. The molecule has 0 unspecified atom stereocenters. The molecule has 10 heteroatoms. The van der Waals surface area contributed by atoms with Crippen LogP contribution < -0.4 is 15.6 Å². The van der Waals surface area contributed by atoms with Crippen LogP contribution in [0.4, 0.5) is 5.13 Å². The number of anilines is 1. The Morgan fingerprint density at radius 1 is 1.39 bits per heavy atom. The Hall–Kier alpha value is -2.30. The van der Waals surface area contributed by atoms with Crippen LogP contribution in [0.3, 0.4) is 0 Å². The van der Waals surface area contributed by atoms with Gasteiger partial charge in [0.1, 0.15) is 5.75 Å². The van der Waals surface area contributed by atoms with E-state index in [2.05, 4.69) is 10.3 Å². The van der Waals surface area contributed by atoms with Crippen LogP contribution in [-0.4, -0.2) is 39.1 Å². The molecule has 4 rings (SSSR count). The van der Waals surface area contributed by atoms with Gasteiger partial charge < -0.3 is 10.1 Å². The summed E-state index contributed by atoms with van der Waals surface area (Å²) in [7, 11) is 1.56. The maximum atomic E-state index is 13.2. The molecule has 0 aliphatic carbocycles. The number of carbonyl (C=O) groups excluding carboxylic acids is 1. The van der Waals surface area contributed by atoms with Crippen molar-refractivity contribution in [2.24, 2.45) is 0 Å². The third-order valence-electron chi connectivity index (χ3n) is 4.00. The van der Waals surface area contributed by atoms with Gasteiger partial charge in [-0.15, -0.1) is 23.1 Å². The van der Waals surface area contributed by atoms with Crippen LogP contribution in [0.2, 0.25) is 0 Å². The lowest BCUT2D eigenvalue weighted by Crippen LogP contribution is -2.25. The zero-order valence-electron chi connectivity index (χ0n) is 14.9. The van der Waals surface area contributed by atoms with Crippen molar-refractivity contribution in [1.29, 1.82) is 0 Å². The van der Waals surface area contributed by atoms with Gasteiger partial charge in [0.15, 0.2) is 10.3 Å². The lowest BCUT2D eigenvalue weighted by Gasteiger charge is -2.16. The minimum absolute atomic E-state index is 0.118. The average Bonchev–Trinajstić information content (AvgIpc) is 3.38. The zero-order chi connectivity index (χ0) is 19.5. The van der Waals surface area contributed by atoms with E-state index in [4.69, 9.17) is 9.72 Å². The Bertz CT molecular complexity index is 1070. The molecular weight excluding hydrogens is 416 g/mol. The molecule has 0 fully saturated rings. The number of rotatable bonds is 6. The Morgan fingerprint density at radius 2 is 2.25 bits per heavy atom. The molecule has 0 radical (unpaired) electrons. The number of fused-ring (bicyclic) bond motifs is 1. The maximum absolute atomic E-state index is 13.2. The van der Waals surface area contributed by atoms with Crippen LogP contribution in [0.25, 0.3) is 5.69 Å². The maximum Gasteiger partial charge on any atom is 0.272 e. The minimum Gasteiger partial charge on any atom is -0.495 e. The van der Waals surface area contributed by atoms with E-state index < -0.39 is 0 Å². The molecule has 1 aliphatic heterocycles. The molecule has 3 heterocycles. The second kappa shape index (κ2) is 8.38. The summed E-state index contributed by atoms with van der Waals surface area (Å²) in [5.74, 6) is 1.33.